The number of benzene rings is 1. The Hall–Kier alpha value is -2.87. The fourth-order valence-corrected chi connectivity index (χ4v) is 1.91. The van der Waals surface area contributed by atoms with Crippen LogP contribution in [0.1, 0.15) is 5.56 Å². The quantitative estimate of drug-likeness (QED) is 0.699. The minimum atomic E-state index is 0.634. The van der Waals surface area contributed by atoms with Crippen molar-refractivity contribution in [2.75, 3.05) is 11.9 Å². The third kappa shape index (κ3) is 2.00. The molecule has 0 aliphatic heterocycles. The van der Waals surface area contributed by atoms with Gasteiger partial charge in [0.15, 0.2) is 5.65 Å². The molecule has 0 aliphatic carbocycles. The monoisotopic (exact) mass is 249 g/mol. The molecule has 0 atom stereocenters. The average Bonchev–Trinajstić information content (AvgIpc) is 2.94. The zero-order chi connectivity index (χ0) is 13.2. The summed E-state index contributed by atoms with van der Waals surface area (Å²) in [6.45, 7) is 0. The summed E-state index contributed by atoms with van der Waals surface area (Å²) >= 11 is 0. The molecule has 0 radical (unpaired) electrons. The Labute approximate surface area is 110 Å². The van der Waals surface area contributed by atoms with Gasteiger partial charge < -0.3 is 4.90 Å². The van der Waals surface area contributed by atoms with Crippen LogP contribution < -0.4 is 4.90 Å². The smallest absolute Gasteiger partial charge is 0.157 e. The molecule has 2 aromatic heterocycles. The van der Waals surface area contributed by atoms with Crippen LogP contribution in [0.2, 0.25) is 0 Å². The van der Waals surface area contributed by atoms with Gasteiger partial charge in [-0.15, -0.1) is 0 Å². The van der Waals surface area contributed by atoms with Crippen molar-refractivity contribution in [1.29, 1.82) is 5.26 Å². The summed E-state index contributed by atoms with van der Waals surface area (Å²) in [6.07, 6.45) is 3.57. The molecule has 2 heterocycles. The SMILES string of the molecule is CN(c1cccc(C#N)c1)c1ccn2nccc2n1. The lowest BCUT2D eigenvalue weighted by molar-refractivity contribution is 0.933. The summed E-state index contributed by atoms with van der Waals surface area (Å²) in [5.41, 5.74) is 2.35. The molecule has 0 N–H and O–H groups in total. The van der Waals surface area contributed by atoms with Crippen molar-refractivity contribution in [2.45, 2.75) is 0 Å². The van der Waals surface area contributed by atoms with Crippen LogP contribution in [-0.2, 0) is 0 Å². The molecule has 0 aliphatic rings. The topological polar surface area (TPSA) is 57.2 Å². The summed E-state index contributed by atoms with van der Waals surface area (Å²) in [6, 6.07) is 13.3. The summed E-state index contributed by atoms with van der Waals surface area (Å²) in [4.78, 5) is 6.45. The Balaban J connectivity index is 2.02. The van der Waals surface area contributed by atoms with Crippen LogP contribution in [0.5, 0.6) is 0 Å². The molecular weight excluding hydrogens is 238 g/mol. The molecule has 5 heteroatoms. The van der Waals surface area contributed by atoms with E-state index in [0.717, 1.165) is 17.2 Å². The minimum absolute atomic E-state index is 0.634. The van der Waals surface area contributed by atoms with Gasteiger partial charge in [0, 0.05) is 25.0 Å². The highest BCUT2D eigenvalue weighted by Crippen LogP contribution is 2.22. The van der Waals surface area contributed by atoms with Gasteiger partial charge in [0.2, 0.25) is 0 Å². The second-order valence-electron chi connectivity index (χ2n) is 4.14. The normalized spacial score (nSPS) is 10.3. The second-order valence-corrected chi connectivity index (χ2v) is 4.14. The van der Waals surface area contributed by atoms with Gasteiger partial charge in [0.05, 0.1) is 17.8 Å². The van der Waals surface area contributed by atoms with E-state index in [9.17, 15) is 0 Å². The zero-order valence-corrected chi connectivity index (χ0v) is 10.4. The lowest BCUT2D eigenvalue weighted by Crippen LogP contribution is -2.11. The van der Waals surface area contributed by atoms with Gasteiger partial charge in [-0.1, -0.05) is 6.07 Å². The highest BCUT2D eigenvalue weighted by molar-refractivity contribution is 5.62. The van der Waals surface area contributed by atoms with Crippen molar-refractivity contribution in [1.82, 2.24) is 14.6 Å². The summed E-state index contributed by atoms with van der Waals surface area (Å²) in [7, 11) is 1.92. The van der Waals surface area contributed by atoms with E-state index in [1.807, 2.05) is 48.5 Å². The predicted octanol–water partition coefficient (Wildman–Crippen LogP) is 2.37. The van der Waals surface area contributed by atoms with Gasteiger partial charge in [-0.2, -0.15) is 10.4 Å². The summed E-state index contributed by atoms with van der Waals surface area (Å²) < 4.78 is 1.71. The van der Waals surface area contributed by atoms with Crippen molar-refractivity contribution in [2.24, 2.45) is 0 Å². The number of anilines is 2. The minimum Gasteiger partial charge on any atom is -0.329 e. The lowest BCUT2D eigenvalue weighted by atomic mass is 10.2. The van der Waals surface area contributed by atoms with Crippen LogP contribution in [0.15, 0.2) is 48.8 Å². The first-order chi connectivity index (χ1) is 9.28. The highest BCUT2D eigenvalue weighted by atomic mass is 15.3. The second kappa shape index (κ2) is 4.42. The molecule has 1 aromatic carbocycles. The Bertz CT molecular complexity index is 769. The molecule has 3 aromatic rings. The molecule has 3 rings (SSSR count). The van der Waals surface area contributed by atoms with E-state index in [1.165, 1.54) is 0 Å². The van der Waals surface area contributed by atoms with Gasteiger partial charge in [-0.05, 0) is 24.3 Å². The van der Waals surface area contributed by atoms with Gasteiger partial charge in [0.1, 0.15) is 5.82 Å². The maximum atomic E-state index is 8.93. The highest BCUT2D eigenvalue weighted by Gasteiger charge is 2.07. The largest absolute Gasteiger partial charge is 0.329 e. The van der Waals surface area contributed by atoms with Crippen LogP contribution in [0.3, 0.4) is 0 Å². The third-order valence-electron chi connectivity index (χ3n) is 2.95. The number of hydrogen-bond donors (Lipinski definition) is 0. The molecule has 0 unspecified atom stereocenters. The van der Waals surface area contributed by atoms with Crippen molar-refractivity contribution >= 4 is 17.2 Å². The lowest BCUT2D eigenvalue weighted by Gasteiger charge is -2.18. The van der Waals surface area contributed by atoms with E-state index < -0.39 is 0 Å². The van der Waals surface area contributed by atoms with Crippen molar-refractivity contribution in [3.05, 3.63) is 54.4 Å². The fourth-order valence-electron chi connectivity index (χ4n) is 1.91. The molecule has 0 fully saturated rings. The van der Waals surface area contributed by atoms with E-state index in [2.05, 4.69) is 16.2 Å². The van der Waals surface area contributed by atoms with E-state index in [-0.39, 0.29) is 0 Å². The number of nitriles is 1. The Morgan fingerprint density at radius 1 is 1.26 bits per heavy atom. The van der Waals surface area contributed by atoms with Crippen LogP contribution in [0.4, 0.5) is 11.5 Å². The van der Waals surface area contributed by atoms with Crippen LogP contribution in [0.25, 0.3) is 5.65 Å². The van der Waals surface area contributed by atoms with Crippen LogP contribution in [-0.4, -0.2) is 21.6 Å². The number of aromatic nitrogens is 3. The standard InChI is InChI=1S/C14H11N5/c1-18(12-4-2-3-11(9-12)10-15)13-6-8-19-14(17-13)5-7-16-19/h2-9H,1H3. The molecule has 0 spiro atoms. The van der Waals surface area contributed by atoms with E-state index in [0.29, 0.717) is 5.56 Å². The Morgan fingerprint density at radius 2 is 2.16 bits per heavy atom. The maximum Gasteiger partial charge on any atom is 0.157 e. The fraction of sp³-hybridized carbons (Fsp3) is 0.0714. The molecule has 19 heavy (non-hydrogen) atoms. The molecule has 0 saturated carbocycles. The van der Waals surface area contributed by atoms with E-state index in [4.69, 9.17) is 5.26 Å². The molecule has 0 saturated heterocycles. The predicted molar refractivity (Wildman–Crippen MR) is 72.2 cm³/mol. The van der Waals surface area contributed by atoms with Crippen molar-refractivity contribution in [3.63, 3.8) is 0 Å². The zero-order valence-electron chi connectivity index (χ0n) is 10.4. The van der Waals surface area contributed by atoms with E-state index in [1.54, 1.807) is 16.8 Å². The number of rotatable bonds is 2. The van der Waals surface area contributed by atoms with Gasteiger partial charge in [-0.3, -0.25) is 0 Å². The van der Waals surface area contributed by atoms with Gasteiger partial charge in [-0.25, -0.2) is 9.50 Å². The average molecular weight is 249 g/mol. The van der Waals surface area contributed by atoms with Crippen molar-refractivity contribution < 1.29 is 0 Å². The Morgan fingerprint density at radius 3 is 3.00 bits per heavy atom. The third-order valence-corrected chi connectivity index (χ3v) is 2.95. The van der Waals surface area contributed by atoms with Gasteiger partial charge >= 0.3 is 0 Å². The first kappa shape index (κ1) is 11.2. The number of nitrogens with zero attached hydrogens (tertiary/aromatic N) is 5. The molecule has 92 valence electrons. The molecule has 0 bridgehead atoms. The van der Waals surface area contributed by atoms with E-state index >= 15 is 0 Å². The number of hydrogen-bond acceptors (Lipinski definition) is 4. The molecular formula is C14H11N5. The maximum absolute atomic E-state index is 8.93. The number of fused-ring (bicyclic) bond motifs is 1. The molecule has 0 amide bonds. The van der Waals surface area contributed by atoms with Gasteiger partial charge in [0.25, 0.3) is 0 Å². The van der Waals surface area contributed by atoms with Crippen molar-refractivity contribution in [3.8, 4) is 6.07 Å². The summed E-state index contributed by atoms with van der Waals surface area (Å²) in [5.74, 6) is 0.808. The first-order valence-corrected chi connectivity index (χ1v) is 5.82. The van der Waals surface area contributed by atoms with Crippen LogP contribution >= 0.6 is 0 Å². The Kier molecular flexibility index (Phi) is 2.62. The molecule has 5 nitrogen and oxygen atoms in total. The first-order valence-electron chi connectivity index (χ1n) is 5.82. The summed E-state index contributed by atoms with van der Waals surface area (Å²) in [5, 5.41) is 13.0. The van der Waals surface area contributed by atoms with Crippen LogP contribution in [0, 0.1) is 11.3 Å².